The van der Waals surface area contributed by atoms with Crippen LogP contribution in [0.5, 0.6) is 0 Å². The first-order valence-electron chi connectivity index (χ1n) is 9.84. The highest BCUT2D eigenvalue weighted by Gasteiger charge is 2.22. The number of nitriles is 1. The van der Waals surface area contributed by atoms with Crippen LogP contribution in [-0.4, -0.2) is 29.2 Å². The van der Waals surface area contributed by atoms with Crippen molar-refractivity contribution in [1.82, 2.24) is 23.3 Å². The normalized spacial score (nSPS) is 11.0. The Morgan fingerprint density at radius 1 is 1.12 bits per heavy atom. The molecule has 0 saturated heterocycles. The Balaban J connectivity index is 1.76. The molecule has 4 aromatic rings. The standard InChI is InChI=1S/C22H21N7O3/c1-13-14(2)29(15-8-6-5-7-9-15)19(16(13)10-23)25-17(30)11-28-12-24-20-18(28)21(31)27(4)22(32)26(20)3/h5-9,12H,11H2,1-4H3,(H,25,30). The quantitative estimate of drug-likeness (QED) is 0.523. The number of carbonyl (C=O) groups excluding carboxylic acids is 1. The number of para-hydroxylation sites is 1. The van der Waals surface area contributed by atoms with Crippen molar-refractivity contribution in [1.29, 1.82) is 5.26 Å². The fraction of sp³-hybridized carbons (Fsp3) is 0.227. The van der Waals surface area contributed by atoms with Gasteiger partial charge in [0.1, 0.15) is 18.4 Å². The van der Waals surface area contributed by atoms with Crippen LogP contribution in [0.25, 0.3) is 16.9 Å². The molecule has 0 atom stereocenters. The molecule has 3 aromatic heterocycles. The lowest BCUT2D eigenvalue weighted by Gasteiger charge is -2.13. The summed E-state index contributed by atoms with van der Waals surface area (Å²) in [6.45, 7) is 3.50. The Hall–Kier alpha value is -4.39. The number of hydrogen-bond acceptors (Lipinski definition) is 5. The molecule has 32 heavy (non-hydrogen) atoms. The minimum absolute atomic E-state index is 0.149. The van der Waals surface area contributed by atoms with Crippen LogP contribution in [0.15, 0.2) is 46.2 Å². The highest BCUT2D eigenvalue weighted by molar-refractivity contribution is 5.93. The topological polar surface area (TPSA) is 120 Å². The minimum atomic E-state index is -0.537. The Kier molecular flexibility index (Phi) is 5.02. The van der Waals surface area contributed by atoms with Gasteiger partial charge in [0.2, 0.25) is 5.91 Å². The third-order valence-electron chi connectivity index (χ3n) is 5.63. The van der Waals surface area contributed by atoms with Crippen LogP contribution >= 0.6 is 0 Å². The van der Waals surface area contributed by atoms with E-state index in [0.29, 0.717) is 11.4 Å². The number of aromatic nitrogens is 5. The number of benzene rings is 1. The van der Waals surface area contributed by atoms with E-state index < -0.39 is 17.2 Å². The molecule has 0 aliphatic rings. The molecule has 0 spiro atoms. The maximum atomic E-state index is 13.0. The maximum Gasteiger partial charge on any atom is 0.332 e. The summed E-state index contributed by atoms with van der Waals surface area (Å²) in [5, 5.41) is 12.5. The van der Waals surface area contributed by atoms with E-state index >= 15 is 0 Å². The number of anilines is 1. The van der Waals surface area contributed by atoms with E-state index in [1.54, 1.807) is 0 Å². The molecule has 0 aliphatic heterocycles. The molecule has 1 aromatic carbocycles. The van der Waals surface area contributed by atoms with Gasteiger partial charge in [0.25, 0.3) is 5.56 Å². The fourth-order valence-corrected chi connectivity index (χ4v) is 3.80. The van der Waals surface area contributed by atoms with Crippen LogP contribution < -0.4 is 16.6 Å². The van der Waals surface area contributed by atoms with Crippen molar-refractivity contribution >= 4 is 22.9 Å². The van der Waals surface area contributed by atoms with Crippen molar-refractivity contribution in [3.05, 3.63) is 74.3 Å². The smallest absolute Gasteiger partial charge is 0.315 e. The van der Waals surface area contributed by atoms with Gasteiger partial charge in [-0.15, -0.1) is 0 Å². The van der Waals surface area contributed by atoms with Crippen molar-refractivity contribution in [2.75, 3.05) is 5.32 Å². The summed E-state index contributed by atoms with van der Waals surface area (Å²) in [5.74, 6) is -0.0742. The largest absolute Gasteiger partial charge is 0.332 e. The first-order valence-corrected chi connectivity index (χ1v) is 9.84. The van der Waals surface area contributed by atoms with Gasteiger partial charge in [0.15, 0.2) is 11.2 Å². The van der Waals surface area contributed by atoms with Crippen LogP contribution in [0.3, 0.4) is 0 Å². The van der Waals surface area contributed by atoms with E-state index in [2.05, 4.69) is 16.4 Å². The number of rotatable bonds is 4. The van der Waals surface area contributed by atoms with Gasteiger partial charge < -0.3 is 9.88 Å². The maximum absolute atomic E-state index is 13.0. The van der Waals surface area contributed by atoms with Crippen molar-refractivity contribution in [3.63, 3.8) is 0 Å². The second kappa shape index (κ2) is 7.70. The number of nitrogens with zero attached hydrogens (tertiary/aromatic N) is 6. The molecule has 162 valence electrons. The lowest BCUT2D eigenvalue weighted by Crippen LogP contribution is -2.37. The van der Waals surface area contributed by atoms with E-state index in [4.69, 9.17) is 0 Å². The molecule has 0 fully saturated rings. The third kappa shape index (κ3) is 3.11. The molecular weight excluding hydrogens is 410 g/mol. The van der Waals surface area contributed by atoms with Gasteiger partial charge in [-0.05, 0) is 31.5 Å². The number of amides is 1. The summed E-state index contributed by atoms with van der Waals surface area (Å²) in [5.41, 5.74) is 2.09. The molecule has 1 N–H and O–H groups in total. The number of aryl methyl sites for hydroxylation is 1. The monoisotopic (exact) mass is 431 g/mol. The zero-order chi connectivity index (χ0) is 23.2. The molecule has 0 bridgehead atoms. The third-order valence-corrected chi connectivity index (χ3v) is 5.63. The molecular formula is C22H21N7O3. The van der Waals surface area contributed by atoms with Crippen molar-refractivity contribution in [2.45, 2.75) is 20.4 Å². The Labute approximate surface area is 182 Å². The Morgan fingerprint density at radius 2 is 1.81 bits per heavy atom. The SMILES string of the molecule is Cc1c(C#N)c(NC(=O)Cn2cnc3c2c(=O)n(C)c(=O)n3C)n(-c2ccccc2)c1C. The number of carbonyl (C=O) groups is 1. The van der Waals surface area contributed by atoms with Gasteiger partial charge in [-0.2, -0.15) is 5.26 Å². The predicted octanol–water partition coefficient (Wildman–Crippen LogP) is 1.35. The molecule has 3 heterocycles. The van der Waals surface area contributed by atoms with Gasteiger partial charge in [-0.1, -0.05) is 18.2 Å². The molecule has 4 rings (SSSR count). The molecule has 10 heteroatoms. The summed E-state index contributed by atoms with van der Waals surface area (Å²) in [7, 11) is 2.89. The van der Waals surface area contributed by atoms with Gasteiger partial charge in [-0.25, -0.2) is 9.78 Å². The second-order valence-electron chi connectivity index (χ2n) is 7.52. The Bertz CT molecular complexity index is 1530. The molecule has 0 aliphatic carbocycles. The zero-order valence-electron chi connectivity index (χ0n) is 18.1. The minimum Gasteiger partial charge on any atom is -0.315 e. The van der Waals surface area contributed by atoms with Crippen molar-refractivity contribution in [3.8, 4) is 11.8 Å². The summed E-state index contributed by atoms with van der Waals surface area (Å²) in [4.78, 5) is 41.9. The van der Waals surface area contributed by atoms with Gasteiger partial charge in [0.05, 0.1) is 11.9 Å². The van der Waals surface area contributed by atoms with Gasteiger partial charge in [-0.3, -0.25) is 23.3 Å². The van der Waals surface area contributed by atoms with E-state index in [0.717, 1.165) is 21.5 Å². The van der Waals surface area contributed by atoms with Crippen LogP contribution in [-0.2, 0) is 25.4 Å². The van der Waals surface area contributed by atoms with E-state index in [9.17, 15) is 19.6 Å². The van der Waals surface area contributed by atoms with E-state index in [1.165, 1.54) is 29.6 Å². The number of imidazole rings is 1. The molecule has 10 nitrogen and oxygen atoms in total. The number of hydrogen-bond donors (Lipinski definition) is 1. The highest BCUT2D eigenvalue weighted by atomic mass is 16.2. The van der Waals surface area contributed by atoms with Crippen molar-refractivity contribution < 1.29 is 4.79 Å². The van der Waals surface area contributed by atoms with Crippen LogP contribution in [0, 0.1) is 25.2 Å². The zero-order valence-corrected chi connectivity index (χ0v) is 18.1. The van der Waals surface area contributed by atoms with Gasteiger partial charge >= 0.3 is 5.69 Å². The van der Waals surface area contributed by atoms with Gasteiger partial charge in [0, 0.05) is 25.5 Å². The van der Waals surface area contributed by atoms with Crippen molar-refractivity contribution in [2.24, 2.45) is 14.1 Å². The summed E-state index contributed by atoms with van der Waals surface area (Å²) in [6.07, 6.45) is 1.35. The average Bonchev–Trinajstić information content (AvgIpc) is 3.30. The second-order valence-corrected chi connectivity index (χ2v) is 7.52. The summed E-state index contributed by atoms with van der Waals surface area (Å²) < 4.78 is 5.44. The Morgan fingerprint density at radius 3 is 2.47 bits per heavy atom. The van der Waals surface area contributed by atoms with Crippen LogP contribution in [0.1, 0.15) is 16.8 Å². The average molecular weight is 431 g/mol. The lowest BCUT2D eigenvalue weighted by atomic mass is 10.2. The van der Waals surface area contributed by atoms with E-state index in [1.807, 2.05) is 48.7 Å². The molecule has 0 saturated carbocycles. The summed E-state index contributed by atoms with van der Waals surface area (Å²) >= 11 is 0. The fourth-order valence-electron chi connectivity index (χ4n) is 3.80. The highest BCUT2D eigenvalue weighted by Crippen LogP contribution is 2.29. The number of nitrogens with one attached hydrogen (secondary N) is 1. The predicted molar refractivity (Wildman–Crippen MR) is 119 cm³/mol. The first kappa shape index (κ1) is 20.9. The first-order chi connectivity index (χ1) is 15.3. The van der Waals surface area contributed by atoms with Crippen LogP contribution in [0.4, 0.5) is 5.82 Å². The van der Waals surface area contributed by atoms with Crippen LogP contribution in [0.2, 0.25) is 0 Å². The molecule has 1 amide bonds. The molecule has 0 unspecified atom stereocenters. The lowest BCUT2D eigenvalue weighted by molar-refractivity contribution is -0.116. The number of fused-ring (bicyclic) bond motifs is 1. The van der Waals surface area contributed by atoms with E-state index in [-0.39, 0.29) is 17.7 Å². The summed E-state index contributed by atoms with van der Waals surface area (Å²) in [6, 6.07) is 11.6. The molecule has 0 radical (unpaired) electrons.